The van der Waals surface area contributed by atoms with Gasteiger partial charge in [0.05, 0.1) is 11.2 Å². The Morgan fingerprint density at radius 3 is 2.28 bits per heavy atom. The Labute approximate surface area is 146 Å². The van der Waals surface area contributed by atoms with E-state index in [1.807, 2.05) is 30.3 Å². The van der Waals surface area contributed by atoms with Crippen molar-refractivity contribution in [1.82, 2.24) is 0 Å². The summed E-state index contributed by atoms with van der Waals surface area (Å²) in [6.07, 6.45) is 3.19. The monoisotopic (exact) mass is 338 g/mol. The second-order valence-corrected chi connectivity index (χ2v) is 6.87. The van der Waals surface area contributed by atoms with Crippen LogP contribution < -0.4 is 0 Å². The molecule has 0 unspecified atom stereocenters. The van der Waals surface area contributed by atoms with Gasteiger partial charge in [-0.2, -0.15) is 0 Å². The molecule has 0 radical (unpaired) electrons. The molecule has 0 fully saturated rings. The van der Waals surface area contributed by atoms with Crippen molar-refractivity contribution in [3.63, 3.8) is 0 Å². The lowest BCUT2D eigenvalue weighted by Gasteiger charge is -2.16. The van der Waals surface area contributed by atoms with Crippen LogP contribution in [0.5, 0.6) is 11.5 Å². The van der Waals surface area contributed by atoms with Crippen LogP contribution in [0.1, 0.15) is 30.5 Å². The summed E-state index contributed by atoms with van der Waals surface area (Å²) in [7, 11) is 0. The zero-order valence-corrected chi connectivity index (χ0v) is 14.8. The van der Waals surface area contributed by atoms with Gasteiger partial charge in [0.15, 0.2) is 0 Å². The lowest BCUT2D eigenvalue weighted by atomic mass is 9.93. The van der Waals surface area contributed by atoms with Gasteiger partial charge in [-0.05, 0) is 51.0 Å². The Hall–Kier alpha value is -2.72. The minimum absolute atomic E-state index is 0.0600. The third-order valence-corrected chi connectivity index (χ3v) is 4.36. The molecule has 0 amide bonds. The predicted octanol–water partition coefficient (Wildman–Crippen LogP) is 4.91. The second kappa shape index (κ2) is 5.97. The summed E-state index contributed by atoms with van der Waals surface area (Å²) in [6, 6.07) is 9.40. The highest BCUT2D eigenvalue weighted by Gasteiger charge is 2.22. The topological polar surface area (TPSA) is 73.8 Å². The van der Waals surface area contributed by atoms with E-state index in [2.05, 4.69) is 0 Å². The Morgan fingerprint density at radius 2 is 1.64 bits per heavy atom. The molecule has 0 atom stereocenters. The maximum absolute atomic E-state index is 10.7. The summed E-state index contributed by atoms with van der Waals surface area (Å²) >= 11 is 0. The molecule has 0 saturated heterocycles. The van der Waals surface area contributed by atoms with Gasteiger partial charge in [-0.1, -0.05) is 30.4 Å². The summed E-state index contributed by atoms with van der Waals surface area (Å²) in [4.78, 5) is 0. The van der Waals surface area contributed by atoms with E-state index in [0.29, 0.717) is 33.6 Å². The van der Waals surface area contributed by atoms with E-state index in [9.17, 15) is 15.3 Å². The van der Waals surface area contributed by atoms with Crippen LogP contribution in [0.15, 0.2) is 40.8 Å². The molecule has 3 aromatic rings. The van der Waals surface area contributed by atoms with Crippen LogP contribution >= 0.6 is 0 Å². The molecular formula is C21H22O4. The van der Waals surface area contributed by atoms with Gasteiger partial charge < -0.3 is 19.7 Å². The van der Waals surface area contributed by atoms with Crippen LogP contribution in [0.3, 0.4) is 0 Å². The zero-order chi connectivity index (χ0) is 18.4. The van der Waals surface area contributed by atoms with Gasteiger partial charge in [-0.15, -0.1) is 0 Å². The first kappa shape index (κ1) is 17.1. The van der Waals surface area contributed by atoms with Gasteiger partial charge in [0.2, 0.25) is 0 Å². The average Bonchev–Trinajstić information content (AvgIpc) is 2.97. The molecule has 130 valence electrons. The molecule has 0 aliphatic carbocycles. The van der Waals surface area contributed by atoms with Crippen molar-refractivity contribution in [1.29, 1.82) is 0 Å². The molecule has 4 heteroatoms. The fourth-order valence-electron chi connectivity index (χ4n) is 2.79. The highest BCUT2D eigenvalue weighted by molar-refractivity contribution is 5.89. The number of hydrogen-bond acceptors (Lipinski definition) is 4. The van der Waals surface area contributed by atoms with Crippen molar-refractivity contribution in [3.8, 4) is 22.8 Å². The van der Waals surface area contributed by atoms with Gasteiger partial charge in [0.1, 0.15) is 22.8 Å². The fourth-order valence-corrected chi connectivity index (χ4v) is 2.79. The standard InChI is InChI=1S/C21H22O4/c1-12-13(2)20(23)18(15(19(12)22)9-10-21(3,4)24)17-11-14-7-5-6-8-16(14)25-17/h5-11,22-24H,1-4H3. The zero-order valence-electron chi connectivity index (χ0n) is 14.8. The number of para-hydroxylation sites is 1. The van der Waals surface area contributed by atoms with Crippen LogP contribution in [0, 0.1) is 13.8 Å². The van der Waals surface area contributed by atoms with E-state index < -0.39 is 5.60 Å². The van der Waals surface area contributed by atoms with Crippen LogP contribution in [0.25, 0.3) is 28.4 Å². The molecule has 1 heterocycles. The molecule has 0 aliphatic rings. The second-order valence-electron chi connectivity index (χ2n) is 6.87. The summed E-state index contributed by atoms with van der Waals surface area (Å²) in [5, 5.41) is 32.2. The fraction of sp³-hybridized carbons (Fsp3) is 0.238. The van der Waals surface area contributed by atoms with E-state index in [1.165, 1.54) is 0 Å². The molecule has 3 N–H and O–H groups in total. The molecule has 0 saturated carbocycles. The van der Waals surface area contributed by atoms with E-state index in [-0.39, 0.29) is 11.5 Å². The summed E-state index contributed by atoms with van der Waals surface area (Å²) in [5.41, 5.74) is 1.67. The van der Waals surface area contributed by atoms with Gasteiger partial charge in [0, 0.05) is 10.9 Å². The number of phenols is 2. The van der Waals surface area contributed by atoms with Crippen molar-refractivity contribution in [2.45, 2.75) is 33.3 Å². The summed E-state index contributed by atoms with van der Waals surface area (Å²) in [6.45, 7) is 6.78. The summed E-state index contributed by atoms with van der Waals surface area (Å²) in [5.74, 6) is 0.587. The molecule has 0 bridgehead atoms. The van der Waals surface area contributed by atoms with Crippen molar-refractivity contribution in [3.05, 3.63) is 53.1 Å². The van der Waals surface area contributed by atoms with E-state index in [4.69, 9.17) is 4.42 Å². The minimum Gasteiger partial charge on any atom is -0.507 e. The number of fused-ring (bicyclic) bond motifs is 1. The van der Waals surface area contributed by atoms with Crippen LogP contribution in [0.4, 0.5) is 0 Å². The predicted molar refractivity (Wildman–Crippen MR) is 99.8 cm³/mol. The van der Waals surface area contributed by atoms with Gasteiger partial charge >= 0.3 is 0 Å². The Balaban J connectivity index is 2.32. The lowest BCUT2D eigenvalue weighted by molar-refractivity contribution is 0.134. The van der Waals surface area contributed by atoms with Crippen molar-refractivity contribution >= 4 is 17.0 Å². The molecule has 3 rings (SSSR count). The van der Waals surface area contributed by atoms with E-state index in [1.54, 1.807) is 39.8 Å². The molecule has 0 spiro atoms. The molecule has 25 heavy (non-hydrogen) atoms. The third kappa shape index (κ3) is 3.13. The number of furan rings is 1. The van der Waals surface area contributed by atoms with Crippen molar-refractivity contribution in [2.24, 2.45) is 0 Å². The van der Waals surface area contributed by atoms with Crippen LogP contribution in [-0.4, -0.2) is 20.9 Å². The molecule has 0 aliphatic heterocycles. The first-order valence-electron chi connectivity index (χ1n) is 8.14. The number of phenolic OH excluding ortho intramolecular Hbond substituents is 2. The van der Waals surface area contributed by atoms with Gasteiger partial charge in [-0.3, -0.25) is 0 Å². The first-order valence-corrected chi connectivity index (χ1v) is 8.14. The SMILES string of the molecule is Cc1c(C)c(O)c(-c2cc3ccccc3o2)c(C=CC(C)(C)O)c1O. The normalized spacial score (nSPS) is 12.4. The summed E-state index contributed by atoms with van der Waals surface area (Å²) < 4.78 is 5.89. The Kier molecular flexibility index (Phi) is 4.09. The molecule has 4 nitrogen and oxygen atoms in total. The number of hydrogen-bond donors (Lipinski definition) is 3. The molecule has 1 aromatic heterocycles. The van der Waals surface area contributed by atoms with Crippen LogP contribution in [-0.2, 0) is 0 Å². The van der Waals surface area contributed by atoms with Crippen molar-refractivity contribution in [2.75, 3.05) is 0 Å². The number of rotatable bonds is 3. The Bertz CT molecular complexity index is 939. The third-order valence-electron chi connectivity index (χ3n) is 4.36. The highest BCUT2D eigenvalue weighted by Crippen LogP contribution is 2.45. The molecular weight excluding hydrogens is 316 g/mol. The molecule has 2 aromatic carbocycles. The average molecular weight is 338 g/mol. The van der Waals surface area contributed by atoms with E-state index in [0.717, 1.165) is 5.39 Å². The number of aromatic hydroxyl groups is 2. The minimum atomic E-state index is -1.05. The lowest BCUT2D eigenvalue weighted by Crippen LogP contribution is -2.13. The maximum Gasteiger partial charge on any atom is 0.139 e. The smallest absolute Gasteiger partial charge is 0.139 e. The largest absolute Gasteiger partial charge is 0.507 e. The van der Waals surface area contributed by atoms with Gasteiger partial charge in [0.25, 0.3) is 0 Å². The van der Waals surface area contributed by atoms with E-state index >= 15 is 0 Å². The highest BCUT2D eigenvalue weighted by atomic mass is 16.3. The van der Waals surface area contributed by atoms with Crippen LogP contribution in [0.2, 0.25) is 0 Å². The van der Waals surface area contributed by atoms with Crippen molar-refractivity contribution < 1.29 is 19.7 Å². The number of aliphatic hydroxyl groups is 1. The number of benzene rings is 2. The Morgan fingerprint density at radius 1 is 1.00 bits per heavy atom. The first-order chi connectivity index (χ1) is 11.7. The maximum atomic E-state index is 10.7. The van der Waals surface area contributed by atoms with Gasteiger partial charge in [-0.25, -0.2) is 0 Å². The quantitative estimate of drug-likeness (QED) is 0.593.